The van der Waals surface area contributed by atoms with E-state index >= 15 is 0 Å². The first-order valence-corrected chi connectivity index (χ1v) is 13.3. The Morgan fingerprint density at radius 2 is 1.82 bits per heavy atom. The van der Waals surface area contributed by atoms with Gasteiger partial charge in [-0.15, -0.1) is 0 Å². The van der Waals surface area contributed by atoms with E-state index in [0.717, 1.165) is 19.3 Å². The number of carbonyl (C=O) groups excluding carboxylic acids is 1. The van der Waals surface area contributed by atoms with Gasteiger partial charge >= 0.3 is 0 Å². The maximum Gasteiger partial charge on any atom is 0.257 e. The number of rotatable bonds is 5. The van der Waals surface area contributed by atoms with Crippen LogP contribution in [-0.2, 0) is 21.3 Å². The number of ether oxygens (including phenoxy) is 2. The number of amides is 1. The third-order valence-corrected chi connectivity index (χ3v) is 6.71. The molecule has 186 valence electrons. The molecule has 9 heteroatoms. The lowest BCUT2D eigenvalue weighted by Crippen LogP contribution is -2.46. The summed E-state index contributed by atoms with van der Waals surface area (Å²) >= 11 is 0. The number of methoxy groups -OCH3 is 1. The van der Waals surface area contributed by atoms with E-state index in [1.807, 2.05) is 18.2 Å². The number of sulfonamides is 1. The maximum atomic E-state index is 13.3. The molecule has 0 spiro atoms. The van der Waals surface area contributed by atoms with Crippen molar-refractivity contribution in [3.8, 4) is 5.75 Å². The van der Waals surface area contributed by atoms with Crippen LogP contribution in [0, 0.1) is 5.92 Å². The van der Waals surface area contributed by atoms with E-state index in [0.29, 0.717) is 30.2 Å². The Hall–Kier alpha value is -2.62. The predicted octanol–water partition coefficient (Wildman–Crippen LogP) is 3.06. The number of nitrogens with zero attached hydrogens (tertiary/aromatic N) is 2. The largest absolute Gasteiger partial charge is 0.491 e. The second-order valence-electron chi connectivity index (χ2n) is 9.10. The van der Waals surface area contributed by atoms with E-state index < -0.39 is 10.0 Å². The summed E-state index contributed by atoms with van der Waals surface area (Å²) in [5.74, 6) is 0.323. The van der Waals surface area contributed by atoms with Crippen molar-refractivity contribution >= 4 is 21.6 Å². The van der Waals surface area contributed by atoms with Crippen molar-refractivity contribution in [1.82, 2.24) is 9.80 Å². The van der Waals surface area contributed by atoms with Crippen LogP contribution in [0.1, 0.15) is 29.8 Å². The summed E-state index contributed by atoms with van der Waals surface area (Å²) in [4.78, 5) is 17.3. The molecule has 0 saturated heterocycles. The fourth-order valence-electron chi connectivity index (χ4n) is 4.17. The summed E-state index contributed by atoms with van der Waals surface area (Å²) in [5, 5.41) is 0. The summed E-state index contributed by atoms with van der Waals surface area (Å²) in [6.07, 6.45) is 0.908. The summed E-state index contributed by atoms with van der Waals surface area (Å²) in [5.41, 5.74) is 1.84. The van der Waals surface area contributed by atoms with E-state index in [-0.39, 0.29) is 24.0 Å². The van der Waals surface area contributed by atoms with Gasteiger partial charge < -0.3 is 14.4 Å². The molecule has 1 heterocycles. The Labute approximate surface area is 202 Å². The third-order valence-electron chi connectivity index (χ3n) is 6.11. The van der Waals surface area contributed by atoms with Crippen LogP contribution in [0.4, 0.5) is 5.69 Å². The maximum absolute atomic E-state index is 13.3. The molecule has 34 heavy (non-hydrogen) atoms. The number of benzene rings is 2. The average Bonchev–Trinajstić information content (AvgIpc) is 2.79. The lowest BCUT2D eigenvalue weighted by atomic mass is 10.0. The smallest absolute Gasteiger partial charge is 0.257 e. The summed E-state index contributed by atoms with van der Waals surface area (Å²) < 4.78 is 37.8. The molecule has 2 aromatic carbocycles. The molecule has 1 aliphatic heterocycles. The van der Waals surface area contributed by atoms with Crippen LogP contribution in [0.2, 0.25) is 0 Å². The lowest BCUT2D eigenvalue weighted by molar-refractivity contribution is 0.00922. The predicted molar refractivity (Wildman–Crippen MR) is 134 cm³/mol. The molecule has 0 saturated carbocycles. The fourth-order valence-corrected chi connectivity index (χ4v) is 4.72. The minimum Gasteiger partial charge on any atom is -0.491 e. The molecule has 1 aliphatic rings. The minimum atomic E-state index is -3.48. The van der Waals surface area contributed by atoms with Crippen LogP contribution in [0.3, 0.4) is 0 Å². The Kier molecular flexibility index (Phi) is 8.57. The topological polar surface area (TPSA) is 88.2 Å². The van der Waals surface area contributed by atoms with Crippen molar-refractivity contribution in [2.24, 2.45) is 5.92 Å². The van der Waals surface area contributed by atoms with Crippen LogP contribution in [0.25, 0.3) is 0 Å². The van der Waals surface area contributed by atoms with Crippen LogP contribution in [0.15, 0.2) is 48.5 Å². The van der Waals surface area contributed by atoms with Crippen LogP contribution in [-0.4, -0.2) is 76.4 Å². The summed E-state index contributed by atoms with van der Waals surface area (Å²) in [6, 6.07) is 15.1. The number of fused-ring (bicyclic) bond motifs is 1. The molecule has 0 fully saturated rings. The number of hydrogen-bond acceptors (Lipinski definition) is 6. The standard InChI is InChI=1S/C25H35N3O5S/c1-18-14-28(15-20-9-7-6-8-10-20)19(2)17-33-23-12-11-21(26-34(5,30)31)13-22(23)25(29)27(3)16-24(18)32-4/h6-13,18-19,24,26H,14-17H2,1-5H3/t18-,19+,24+/m1/s1. The van der Waals surface area contributed by atoms with E-state index in [2.05, 4.69) is 35.6 Å². The molecule has 3 rings (SSSR count). The number of anilines is 1. The molecule has 3 atom stereocenters. The number of likely N-dealkylation sites (N-methyl/N-ethyl adjacent to an activating group) is 1. The number of nitrogens with one attached hydrogen (secondary N) is 1. The second kappa shape index (κ2) is 11.2. The van der Waals surface area contributed by atoms with Crippen LogP contribution < -0.4 is 9.46 Å². The Morgan fingerprint density at radius 3 is 2.47 bits per heavy atom. The molecular formula is C25H35N3O5S. The molecule has 0 radical (unpaired) electrons. The molecule has 0 unspecified atom stereocenters. The average molecular weight is 490 g/mol. The van der Waals surface area contributed by atoms with Crippen molar-refractivity contribution in [3.63, 3.8) is 0 Å². The highest BCUT2D eigenvalue weighted by Crippen LogP contribution is 2.27. The molecule has 0 aromatic heterocycles. The molecule has 1 amide bonds. The zero-order valence-electron chi connectivity index (χ0n) is 20.5. The normalized spacial score (nSPS) is 22.8. The SMILES string of the molecule is CO[C@H]1CN(C)C(=O)c2cc(NS(C)(=O)=O)ccc2OC[C@H](C)N(Cc2ccccc2)C[C@H]1C. The van der Waals surface area contributed by atoms with Gasteiger partial charge in [0, 0.05) is 45.5 Å². The molecular weight excluding hydrogens is 454 g/mol. The highest BCUT2D eigenvalue weighted by atomic mass is 32.2. The van der Waals surface area contributed by atoms with Gasteiger partial charge in [0.2, 0.25) is 10.0 Å². The van der Waals surface area contributed by atoms with Crippen molar-refractivity contribution < 1.29 is 22.7 Å². The van der Waals surface area contributed by atoms with Crippen molar-refractivity contribution in [2.75, 3.05) is 44.8 Å². The van der Waals surface area contributed by atoms with Gasteiger partial charge in [0.1, 0.15) is 12.4 Å². The van der Waals surface area contributed by atoms with Crippen molar-refractivity contribution in [2.45, 2.75) is 32.5 Å². The molecule has 8 nitrogen and oxygen atoms in total. The Morgan fingerprint density at radius 1 is 1.12 bits per heavy atom. The van der Waals surface area contributed by atoms with Crippen molar-refractivity contribution in [1.29, 1.82) is 0 Å². The zero-order valence-corrected chi connectivity index (χ0v) is 21.3. The molecule has 1 N–H and O–H groups in total. The molecule has 0 bridgehead atoms. The second-order valence-corrected chi connectivity index (χ2v) is 10.8. The van der Waals surface area contributed by atoms with E-state index in [1.165, 1.54) is 11.6 Å². The highest BCUT2D eigenvalue weighted by molar-refractivity contribution is 7.92. The van der Waals surface area contributed by atoms with Crippen molar-refractivity contribution in [3.05, 3.63) is 59.7 Å². The molecule has 2 aromatic rings. The Bertz CT molecular complexity index is 1080. The van der Waals surface area contributed by atoms with Gasteiger partial charge in [-0.3, -0.25) is 14.4 Å². The molecule has 0 aliphatic carbocycles. The van der Waals surface area contributed by atoms with Crippen LogP contribution >= 0.6 is 0 Å². The van der Waals surface area contributed by atoms with Gasteiger partial charge in [-0.05, 0) is 36.6 Å². The fraction of sp³-hybridized carbons (Fsp3) is 0.480. The first kappa shape index (κ1) is 26.0. The first-order chi connectivity index (χ1) is 16.1. The van der Waals surface area contributed by atoms with Gasteiger partial charge in [0.15, 0.2) is 0 Å². The van der Waals surface area contributed by atoms with Gasteiger partial charge in [0.05, 0.1) is 17.9 Å². The summed E-state index contributed by atoms with van der Waals surface area (Å²) in [7, 11) is -0.0949. The number of hydrogen-bond donors (Lipinski definition) is 1. The van der Waals surface area contributed by atoms with E-state index in [4.69, 9.17) is 9.47 Å². The van der Waals surface area contributed by atoms with Gasteiger partial charge in [-0.1, -0.05) is 37.3 Å². The van der Waals surface area contributed by atoms with Gasteiger partial charge in [-0.2, -0.15) is 0 Å². The van der Waals surface area contributed by atoms with E-state index in [1.54, 1.807) is 31.2 Å². The first-order valence-electron chi connectivity index (χ1n) is 11.4. The van der Waals surface area contributed by atoms with Gasteiger partial charge in [0.25, 0.3) is 5.91 Å². The number of carbonyl (C=O) groups is 1. The quantitative estimate of drug-likeness (QED) is 0.695. The summed E-state index contributed by atoms with van der Waals surface area (Å²) in [6.45, 7) is 6.56. The Balaban J connectivity index is 1.96. The van der Waals surface area contributed by atoms with E-state index in [9.17, 15) is 13.2 Å². The van der Waals surface area contributed by atoms with Gasteiger partial charge in [-0.25, -0.2) is 8.42 Å². The lowest BCUT2D eigenvalue weighted by Gasteiger charge is -2.36. The monoisotopic (exact) mass is 489 g/mol. The minimum absolute atomic E-state index is 0.0640. The van der Waals surface area contributed by atoms with Crippen LogP contribution in [0.5, 0.6) is 5.75 Å². The zero-order chi connectivity index (χ0) is 24.9. The third kappa shape index (κ3) is 6.94. The highest BCUT2D eigenvalue weighted by Gasteiger charge is 2.28.